The van der Waals surface area contributed by atoms with Crippen LogP contribution in [0.2, 0.25) is 0 Å². The van der Waals surface area contributed by atoms with E-state index in [0.29, 0.717) is 0 Å². The monoisotopic (exact) mass is 187 g/mol. The molecule has 0 aliphatic carbocycles. The second-order valence-electron chi connectivity index (χ2n) is 3.48. The van der Waals surface area contributed by atoms with Gasteiger partial charge in [-0.1, -0.05) is 39.5 Å². The minimum atomic E-state index is 0.959. The van der Waals surface area contributed by atoms with Gasteiger partial charge in [-0.2, -0.15) is 5.53 Å². The summed E-state index contributed by atoms with van der Waals surface area (Å²) in [5.41, 5.74) is 6.18. The maximum atomic E-state index is 3.11. The summed E-state index contributed by atoms with van der Waals surface area (Å²) in [6.45, 7) is 6.41. The average molecular weight is 187 g/mol. The number of nitrogens with one attached hydrogen (secondary N) is 2. The zero-order valence-corrected chi connectivity index (χ0v) is 9.40. The van der Waals surface area contributed by atoms with E-state index >= 15 is 0 Å². The second kappa shape index (κ2) is 9.96. The highest BCUT2D eigenvalue weighted by Gasteiger charge is 1.94. The SMILES string of the molecule is CCCCCCCN(C)NNCC. The van der Waals surface area contributed by atoms with Crippen LogP contribution in [0.3, 0.4) is 0 Å². The number of hydrogen-bond donors (Lipinski definition) is 2. The lowest BCUT2D eigenvalue weighted by atomic mass is 10.1. The molecule has 0 saturated carbocycles. The molecular formula is C10H25N3. The van der Waals surface area contributed by atoms with Crippen molar-refractivity contribution in [1.29, 1.82) is 0 Å². The maximum absolute atomic E-state index is 3.11. The summed E-state index contributed by atoms with van der Waals surface area (Å²) in [6, 6.07) is 0. The Kier molecular flexibility index (Phi) is 9.87. The second-order valence-corrected chi connectivity index (χ2v) is 3.48. The molecule has 0 radical (unpaired) electrons. The van der Waals surface area contributed by atoms with Gasteiger partial charge in [0.25, 0.3) is 0 Å². The summed E-state index contributed by atoms with van der Waals surface area (Å²) < 4.78 is 0. The van der Waals surface area contributed by atoms with Crippen molar-refractivity contribution in [3.63, 3.8) is 0 Å². The van der Waals surface area contributed by atoms with Crippen LogP contribution in [0.15, 0.2) is 0 Å². The molecule has 0 bridgehead atoms. The lowest BCUT2D eigenvalue weighted by Gasteiger charge is -2.17. The first-order chi connectivity index (χ1) is 6.31. The molecule has 0 unspecified atom stereocenters. The lowest BCUT2D eigenvalue weighted by Crippen LogP contribution is -2.44. The van der Waals surface area contributed by atoms with Crippen LogP contribution >= 0.6 is 0 Å². The molecule has 2 N–H and O–H groups in total. The molecule has 0 atom stereocenters. The predicted octanol–water partition coefficient (Wildman–Crippen LogP) is 1.92. The number of hydrazine groups is 2. The maximum Gasteiger partial charge on any atom is 0.0141 e. The van der Waals surface area contributed by atoms with Crippen molar-refractivity contribution in [1.82, 2.24) is 16.0 Å². The Morgan fingerprint density at radius 1 is 1.00 bits per heavy atom. The topological polar surface area (TPSA) is 27.3 Å². The normalized spacial score (nSPS) is 11.1. The minimum absolute atomic E-state index is 0.959. The fourth-order valence-electron chi connectivity index (χ4n) is 1.22. The molecule has 80 valence electrons. The van der Waals surface area contributed by atoms with Crippen LogP contribution in [0.1, 0.15) is 46.0 Å². The molecular weight excluding hydrogens is 162 g/mol. The Balaban J connectivity index is 3.03. The van der Waals surface area contributed by atoms with Crippen molar-refractivity contribution < 1.29 is 0 Å². The summed E-state index contributed by atoms with van der Waals surface area (Å²) in [5, 5.41) is 2.11. The zero-order chi connectivity index (χ0) is 9.94. The first kappa shape index (κ1) is 12.9. The Hall–Kier alpha value is -0.120. The van der Waals surface area contributed by atoms with Crippen molar-refractivity contribution in [3.05, 3.63) is 0 Å². The summed E-state index contributed by atoms with van der Waals surface area (Å²) in [6.07, 6.45) is 6.72. The van der Waals surface area contributed by atoms with Gasteiger partial charge in [-0.3, -0.25) is 0 Å². The molecule has 3 heteroatoms. The molecule has 0 heterocycles. The Morgan fingerprint density at radius 3 is 2.31 bits per heavy atom. The number of nitrogens with zero attached hydrogens (tertiary/aromatic N) is 1. The molecule has 0 saturated heterocycles. The highest BCUT2D eigenvalue weighted by atomic mass is 15.7. The Morgan fingerprint density at radius 2 is 1.69 bits per heavy atom. The van der Waals surface area contributed by atoms with Crippen LogP contribution in [0.4, 0.5) is 0 Å². The van der Waals surface area contributed by atoms with Crippen molar-refractivity contribution in [2.45, 2.75) is 46.0 Å². The van der Waals surface area contributed by atoms with Gasteiger partial charge in [-0.05, 0) is 6.42 Å². The molecule has 0 aromatic heterocycles. The van der Waals surface area contributed by atoms with Crippen molar-refractivity contribution in [3.8, 4) is 0 Å². The van der Waals surface area contributed by atoms with Gasteiger partial charge in [0, 0.05) is 20.1 Å². The number of rotatable bonds is 9. The Bertz CT molecular complexity index is 96.2. The van der Waals surface area contributed by atoms with E-state index in [-0.39, 0.29) is 0 Å². The number of hydrogen-bond acceptors (Lipinski definition) is 3. The lowest BCUT2D eigenvalue weighted by molar-refractivity contribution is 0.191. The smallest absolute Gasteiger partial charge is 0.0141 e. The standard InChI is InChI=1S/C10H25N3/c1-4-6-7-8-9-10-13(3)12-11-5-2/h11-12H,4-10H2,1-3H3. The summed E-state index contributed by atoms with van der Waals surface area (Å²) in [4.78, 5) is 0. The minimum Gasteiger partial charge on any atom is -0.244 e. The van der Waals surface area contributed by atoms with Crippen LogP contribution in [-0.4, -0.2) is 25.1 Å². The molecule has 0 rings (SSSR count). The highest BCUT2D eigenvalue weighted by molar-refractivity contribution is 4.46. The van der Waals surface area contributed by atoms with E-state index in [9.17, 15) is 0 Å². The van der Waals surface area contributed by atoms with Crippen LogP contribution in [0.5, 0.6) is 0 Å². The predicted molar refractivity (Wildman–Crippen MR) is 58.2 cm³/mol. The third kappa shape index (κ3) is 9.80. The van der Waals surface area contributed by atoms with Gasteiger partial charge in [0.05, 0.1) is 0 Å². The first-order valence-corrected chi connectivity index (χ1v) is 5.50. The van der Waals surface area contributed by atoms with Gasteiger partial charge in [-0.25, -0.2) is 10.4 Å². The largest absolute Gasteiger partial charge is 0.244 e. The average Bonchev–Trinajstić information content (AvgIpc) is 2.14. The highest BCUT2D eigenvalue weighted by Crippen LogP contribution is 2.01. The van der Waals surface area contributed by atoms with E-state index in [1.54, 1.807) is 0 Å². The van der Waals surface area contributed by atoms with E-state index in [2.05, 4.69) is 36.9 Å². The fourth-order valence-corrected chi connectivity index (χ4v) is 1.22. The van der Waals surface area contributed by atoms with Crippen LogP contribution < -0.4 is 11.0 Å². The molecule has 0 spiro atoms. The van der Waals surface area contributed by atoms with E-state index in [1.165, 1.54) is 32.1 Å². The molecule has 0 aliphatic heterocycles. The van der Waals surface area contributed by atoms with Crippen LogP contribution in [0, 0.1) is 0 Å². The third-order valence-corrected chi connectivity index (χ3v) is 2.04. The molecule has 3 nitrogen and oxygen atoms in total. The van der Waals surface area contributed by atoms with Gasteiger partial charge in [0.2, 0.25) is 0 Å². The van der Waals surface area contributed by atoms with Crippen LogP contribution in [-0.2, 0) is 0 Å². The quantitative estimate of drug-likeness (QED) is 0.426. The molecule has 0 aromatic rings. The van der Waals surface area contributed by atoms with Crippen molar-refractivity contribution in [2.24, 2.45) is 0 Å². The zero-order valence-electron chi connectivity index (χ0n) is 9.40. The molecule has 0 aromatic carbocycles. The van der Waals surface area contributed by atoms with Gasteiger partial charge in [-0.15, -0.1) is 0 Å². The number of unbranched alkanes of at least 4 members (excludes halogenated alkanes) is 4. The van der Waals surface area contributed by atoms with Gasteiger partial charge < -0.3 is 0 Å². The summed E-state index contributed by atoms with van der Waals surface area (Å²) >= 11 is 0. The van der Waals surface area contributed by atoms with E-state index in [4.69, 9.17) is 0 Å². The molecule has 13 heavy (non-hydrogen) atoms. The van der Waals surface area contributed by atoms with E-state index < -0.39 is 0 Å². The van der Waals surface area contributed by atoms with Crippen molar-refractivity contribution >= 4 is 0 Å². The van der Waals surface area contributed by atoms with Crippen molar-refractivity contribution in [2.75, 3.05) is 20.1 Å². The van der Waals surface area contributed by atoms with E-state index in [0.717, 1.165) is 13.1 Å². The van der Waals surface area contributed by atoms with E-state index in [1.807, 2.05) is 0 Å². The third-order valence-electron chi connectivity index (χ3n) is 2.04. The first-order valence-electron chi connectivity index (χ1n) is 5.50. The Labute approximate surface area is 82.8 Å². The van der Waals surface area contributed by atoms with Gasteiger partial charge in [0.15, 0.2) is 0 Å². The van der Waals surface area contributed by atoms with Gasteiger partial charge in [0.1, 0.15) is 0 Å². The molecule has 0 amide bonds. The molecule has 0 aliphatic rings. The van der Waals surface area contributed by atoms with Gasteiger partial charge >= 0.3 is 0 Å². The molecule has 0 fully saturated rings. The van der Waals surface area contributed by atoms with Crippen LogP contribution in [0.25, 0.3) is 0 Å². The summed E-state index contributed by atoms with van der Waals surface area (Å²) in [5.74, 6) is 0. The fraction of sp³-hybridized carbons (Fsp3) is 1.00. The summed E-state index contributed by atoms with van der Waals surface area (Å²) in [7, 11) is 2.07.